The van der Waals surface area contributed by atoms with Crippen LogP contribution in [0, 0.1) is 0 Å². The van der Waals surface area contributed by atoms with Crippen molar-refractivity contribution in [3.63, 3.8) is 0 Å². The Morgan fingerprint density at radius 3 is 2.88 bits per heavy atom. The molecule has 0 aliphatic rings. The van der Waals surface area contributed by atoms with Gasteiger partial charge >= 0.3 is 5.97 Å². The van der Waals surface area contributed by atoms with E-state index in [4.69, 9.17) is 5.11 Å². The number of thiazole rings is 1. The number of carboxylic acids is 1. The van der Waals surface area contributed by atoms with Gasteiger partial charge in [-0.05, 0) is 18.6 Å². The molecule has 2 aromatic rings. The Morgan fingerprint density at radius 2 is 2.25 bits per heavy atom. The van der Waals surface area contributed by atoms with Crippen molar-refractivity contribution in [3.05, 3.63) is 29.3 Å². The average molecular weight is 235 g/mol. The zero-order chi connectivity index (χ0) is 11.5. The molecule has 1 heterocycles. The quantitative estimate of drug-likeness (QED) is 0.884. The van der Waals surface area contributed by atoms with Crippen LogP contribution in [0.5, 0.6) is 0 Å². The molecule has 1 aromatic heterocycles. The highest BCUT2D eigenvalue weighted by atomic mass is 32.1. The molecule has 0 saturated heterocycles. The summed E-state index contributed by atoms with van der Waals surface area (Å²) in [6, 6.07) is 7.75. The van der Waals surface area contributed by atoms with Gasteiger partial charge in [-0.15, -0.1) is 11.3 Å². The summed E-state index contributed by atoms with van der Waals surface area (Å²) in [4.78, 5) is 15.5. The molecule has 3 nitrogen and oxygen atoms in total. The Bertz CT molecular complexity index is 473. The lowest BCUT2D eigenvalue weighted by Gasteiger charge is -2.06. The number of aromatic nitrogens is 1. The molecule has 0 aliphatic carbocycles. The zero-order valence-corrected chi connectivity index (χ0v) is 9.83. The molecule has 0 saturated carbocycles. The largest absolute Gasteiger partial charge is 0.481 e. The van der Waals surface area contributed by atoms with Gasteiger partial charge in [-0.25, -0.2) is 4.98 Å². The Morgan fingerprint density at radius 1 is 1.50 bits per heavy atom. The van der Waals surface area contributed by atoms with Crippen molar-refractivity contribution in [3.8, 4) is 0 Å². The summed E-state index contributed by atoms with van der Waals surface area (Å²) in [7, 11) is 0. The Kier molecular flexibility index (Phi) is 3.19. The van der Waals surface area contributed by atoms with Gasteiger partial charge in [-0.1, -0.05) is 25.5 Å². The fourth-order valence-electron chi connectivity index (χ4n) is 1.68. The van der Waals surface area contributed by atoms with Crippen LogP contribution in [0.25, 0.3) is 10.2 Å². The second-order valence-electron chi connectivity index (χ2n) is 3.70. The molecule has 0 amide bonds. The van der Waals surface area contributed by atoms with Gasteiger partial charge in [0.05, 0.1) is 10.2 Å². The predicted molar refractivity (Wildman–Crippen MR) is 64.9 cm³/mol. The van der Waals surface area contributed by atoms with E-state index in [1.165, 1.54) is 11.3 Å². The van der Waals surface area contributed by atoms with Crippen LogP contribution in [0.2, 0.25) is 0 Å². The molecule has 1 atom stereocenters. The van der Waals surface area contributed by atoms with E-state index in [0.717, 1.165) is 21.6 Å². The summed E-state index contributed by atoms with van der Waals surface area (Å²) in [5.74, 6) is -1.23. The van der Waals surface area contributed by atoms with Crippen molar-refractivity contribution in [2.24, 2.45) is 0 Å². The van der Waals surface area contributed by atoms with Gasteiger partial charge in [0.15, 0.2) is 0 Å². The second kappa shape index (κ2) is 4.61. The summed E-state index contributed by atoms with van der Waals surface area (Å²) in [6.45, 7) is 1.99. The molecule has 84 valence electrons. The van der Waals surface area contributed by atoms with E-state index in [-0.39, 0.29) is 0 Å². The third-order valence-electron chi connectivity index (χ3n) is 2.48. The molecule has 1 unspecified atom stereocenters. The van der Waals surface area contributed by atoms with E-state index in [9.17, 15) is 4.79 Å². The third kappa shape index (κ3) is 2.07. The monoisotopic (exact) mass is 235 g/mol. The Balaban J connectivity index is 2.40. The van der Waals surface area contributed by atoms with E-state index in [0.29, 0.717) is 6.42 Å². The molecule has 1 N–H and O–H groups in total. The molecule has 0 spiro atoms. The van der Waals surface area contributed by atoms with Gasteiger partial charge in [0.1, 0.15) is 10.9 Å². The number of para-hydroxylation sites is 1. The van der Waals surface area contributed by atoms with Crippen molar-refractivity contribution in [2.75, 3.05) is 0 Å². The molecular formula is C12H13NO2S. The molecule has 0 radical (unpaired) electrons. The van der Waals surface area contributed by atoms with E-state index in [1.807, 2.05) is 31.2 Å². The molecule has 0 aliphatic heterocycles. The van der Waals surface area contributed by atoms with E-state index < -0.39 is 11.9 Å². The molecule has 4 heteroatoms. The van der Waals surface area contributed by atoms with Gasteiger partial charge < -0.3 is 5.11 Å². The van der Waals surface area contributed by atoms with Crippen molar-refractivity contribution in [1.82, 2.24) is 4.98 Å². The first-order chi connectivity index (χ1) is 7.72. The number of aliphatic carboxylic acids is 1. The molecule has 0 fully saturated rings. The molecule has 0 bridgehead atoms. The molecule has 16 heavy (non-hydrogen) atoms. The summed E-state index contributed by atoms with van der Waals surface area (Å²) >= 11 is 1.48. The maximum atomic E-state index is 11.1. The minimum absolute atomic E-state index is 0.456. The van der Waals surface area contributed by atoms with Crippen LogP contribution in [0.15, 0.2) is 24.3 Å². The van der Waals surface area contributed by atoms with Crippen LogP contribution in [-0.4, -0.2) is 16.1 Å². The van der Waals surface area contributed by atoms with Gasteiger partial charge in [0.25, 0.3) is 0 Å². The van der Waals surface area contributed by atoms with E-state index in [2.05, 4.69) is 4.98 Å². The first kappa shape index (κ1) is 11.1. The van der Waals surface area contributed by atoms with Crippen LogP contribution in [0.1, 0.15) is 30.7 Å². The second-order valence-corrected chi connectivity index (χ2v) is 4.76. The Labute approximate surface area is 97.8 Å². The maximum absolute atomic E-state index is 11.1. The highest BCUT2D eigenvalue weighted by Gasteiger charge is 2.22. The van der Waals surface area contributed by atoms with Gasteiger partial charge in [0, 0.05) is 0 Å². The number of carboxylic acid groups (broad SMARTS) is 1. The van der Waals surface area contributed by atoms with Crippen LogP contribution in [0.3, 0.4) is 0 Å². The van der Waals surface area contributed by atoms with Gasteiger partial charge in [-0.2, -0.15) is 0 Å². The number of rotatable bonds is 4. The summed E-state index contributed by atoms with van der Waals surface area (Å²) in [6.07, 6.45) is 1.50. The zero-order valence-electron chi connectivity index (χ0n) is 9.01. The van der Waals surface area contributed by atoms with Gasteiger partial charge in [0.2, 0.25) is 0 Å². The van der Waals surface area contributed by atoms with Gasteiger partial charge in [-0.3, -0.25) is 4.79 Å². The average Bonchev–Trinajstić information content (AvgIpc) is 2.68. The number of fused-ring (bicyclic) bond motifs is 1. The van der Waals surface area contributed by atoms with Crippen LogP contribution < -0.4 is 0 Å². The summed E-state index contributed by atoms with van der Waals surface area (Å²) in [5.41, 5.74) is 0.893. The molecular weight excluding hydrogens is 222 g/mol. The predicted octanol–water partition coefficient (Wildman–Crippen LogP) is 3.26. The number of carbonyl (C=O) groups is 1. The Hall–Kier alpha value is -1.42. The van der Waals surface area contributed by atoms with Crippen LogP contribution >= 0.6 is 11.3 Å². The number of nitrogens with zero attached hydrogens (tertiary/aromatic N) is 1. The van der Waals surface area contributed by atoms with Crippen molar-refractivity contribution in [1.29, 1.82) is 0 Å². The third-order valence-corrected chi connectivity index (χ3v) is 3.63. The minimum Gasteiger partial charge on any atom is -0.481 e. The fourth-order valence-corrected chi connectivity index (χ4v) is 2.78. The maximum Gasteiger partial charge on any atom is 0.313 e. The molecule has 2 rings (SSSR count). The first-order valence-corrected chi connectivity index (χ1v) is 6.12. The van der Waals surface area contributed by atoms with Crippen LogP contribution in [-0.2, 0) is 4.79 Å². The lowest BCUT2D eigenvalue weighted by molar-refractivity contribution is -0.139. The van der Waals surface area contributed by atoms with E-state index in [1.54, 1.807) is 0 Å². The minimum atomic E-state index is -0.777. The smallest absolute Gasteiger partial charge is 0.313 e. The first-order valence-electron chi connectivity index (χ1n) is 5.30. The standard InChI is InChI=1S/C12H13NO2S/c1-2-5-8(12(14)15)11-13-9-6-3-4-7-10(9)16-11/h3-4,6-8H,2,5H2,1H3,(H,14,15). The lowest BCUT2D eigenvalue weighted by Crippen LogP contribution is -2.10. The van der Waals surface area contributed by atoms with Crippen molar-refractivity contribution >= 4 is 27.5 Å². The summed E-state index contributed by atoms with van der Waals surface area (Å²) in [5, 5.41) is 9.87. The fraction of sp³-hybridized carbons (Fsp3) is 0.333. The lowest BCUT2D eigenvalue weighted by atomic mass is 10.1. The highest BCUT2D eigenvalue weighted by molar-refractivity contribution is 7.18. The number of hydrogen-bond donors (Lipinski definition) is 1. The number of hydrogen-bond acceptors (Lipinski definition) is 3. The van der Waals surface area contributed by atoms with Crippen molar-refractivity contribution in [2.45, 2.75) is 25.7 Å². The normalized spacial score (nSPS) is 12.8. The van der Waals surface area contributed by atoms with Crippen molar-refractivity contribution < 1.29 is 9.90 Å². The summed E-state index contributed by atoms with van der Waals surface area (Å²) < 4.78 is 1.06. The van der Waals surface area contributed by atoms with Crippen LogP contribution in [0.4, 0.5) is 0 Å². The molecule has 1 aromatic carbocycles. The van der Waals surface area contributed by atoms with E-state index >= 15 is 0 Å². The number of benzene rings is 1. The topological polar surface area (TPSA) is 50.2 Å². The highest BCUT2D eigenvalue weighted by Crippen LogP contribution is 2.30. The SMILES string of the molecule is CCCC(C(=O)O)c1nc2ccccc2s1.